The Morgan fingerprint density at radius 3 is 2.67 bits per heavy atom. The van der Waals surface area contributed by atoms with Crippen LogP contribution in [0.1, 0.15) is 15.2 Å². The summed E-state index contributed by atoms with van der Waals surface area (Å²) in [6.07, 6.45) is 3.47. The van der Waals surface area contributed by atoms with Gasteiger partial charge in [0, 0.05) is 0 Å². The summed E-state index contributed by atoms with van der Waals surface area (Å²) in [5, 5.41) is 4.16. The topological polar surface area (TPSA) is 26.3 Å². The molecule has 1 heterocycles. The molecule has 104 valence electrons. The fourth-order valence-corrected chi connectivity index (χ4v) is 2.79. The highest BCUT2D eigenvalue weighted by Gasteiger charge is 2.02. The Balaban J connectivity index is 1.86. The molecule has 0 fully saturated rings. The fourth-order valence-electron chi connectivity index (χ4n) is 2.15. The average Bonchev–Trinajstić information content (AvgIpc) is 3.06. The van der Waals surface area contributed by atoms with Crippen LogP contribution in [-0.4, -0.2) is 12.9 Å². The number of fused-ring (bicyclic) bond motifs is 1. The predicted molar refractivity (Wildman–Crippen MR) is 88.2 cm³/mol. The van der Waals surface area contributed by atoms with Crippen molar-refractivity contribution < 1.29 is 9.53 Å². The molecule has 0 aliphatic heterocycles. The zero-order valence-corrected chi connectivity index (χ0v) is 12.4. The number of ketones is 1. The smallest absolute Gasteiger partial charge is 0.195 e. The first kappa shape index (κ1) is 13.6. The second-order valence-corrected chi connectivity index (χ2v) is 5.60. The molecular formula is C18H14O2S. The SMILES string of the molecule is COc1ccc2cc(/C=C/C(=O)c3cccs3)ccc2c1. The van der Waals surface area contributed by atoms with Gasteiger partial charge in [-0.1, -0.05) is 30.3 Å². The molecule has 0 unspecified atom stereocenters. The van der Waals surface area contributed by atoms with Crippen LogP contribution in [0.15, 0.2) is 60.0 Å². The second-order valence-electron chi connectivity index (χ2n) is 4.65. The first-order valence-electron chi connectivity index (χ1n) is 6.60. The van der Waals surface area contributed by atoms with Gasteiger partial charge in [-0.05, 0) is 52.1 Å². The number of methoxy groups -OCH3 is 1. The molecule has 0 atom stereocenters. The Labute approximate surface area is 127 Å². The number of thiophene rings is 1. The summed E-state index contributed by atoms with van der Waals surface area (Å²) in [4.78, 5) is 12.7. The number of hydrogen-bond acceptors (Lipinski definition) is 3. The highest BCUT2D eigenvalue weighted by Crippen LogP contribution is 2.22. The van der Waals surface area contributed by atoms with E-state index in [4.69, 9.17) is 4.74 Å². The normalized spacial score (nSPS) is 11.1. The van der Waals surface area contributed by atoms with Crippen molar-refractivity contribution in [3.63, 3.8) is 0 Å². The number of hydrogen-bond donors (Lipinski definition) is 0. The molecule has 2 nitrogen and oxygen atoms in total. The summed E-state index contributed by atoms with van der Waals surface area (Å²) in [6.45, 7) is 0. The van der Waals surface area contributed by atoms with Gasteiger partial charge in [0.25, 0.3) is 0 Å². The Morgan fingerprint density at radius 1 is 1.10 bits per heavy atom. The minimum atomic E-state index is 0.0415. The molecule has 1 aromatic heterocycles. The molecule has 3 rings (SSSR count). The van der Waals surface area contributed by atoms with E-state index in [1.807, 2.05) is 53.9 Å². The van der Waals surface area contributed by atoms with E-state index in [9.17, 15) is 4.79 Å². The maximum Gasteiger partial charge on any atom is 0.195 e. The van der Waals surface area contributed by atoms with Gasteiger partial charge in [-0.15, -0.1) is 11.3 Å². The highest BCUT2D eigenvalue weighted by atomic mass is 32.1. The lowest BCUT2D eigenvalue weighted by Crippen LogP contribution is -1.88. The molecule has 0 radical (unpaired) electrons. The van der Waals surface area contributed by atoms with E-state index < -0.39 is 0 Å². The summed E-state index contributed by atoms with van der Waals surface area (Å²) in [5.41, 5.74) is 1.01. The summed E-state index contributed by atoms with van der Waals surface area (Å²) in [5.74, 6) is 0.887. The minimum Gasteiger partial charge on any atom is -0.497 e. The van der Waals surface area contributed by atoms with Gasteiger partial charge < -0.3 is 4.74 Å². The maximum atomic E-state index is 11.9. The van der Waals surface area contributed by atoms with Crippen LogP contribution in [-0.2, 0) is 0 Å². The van der Waals surface area contributed by atoms with Gasteiger partial charge in [-0.25, -0.2) is 0 Å². The van der Waals surface area contributed by atoms with E-state index in [2.05, 4.69) is 6.07 Å². The van der Waals surface area contributed by atoms with Crippen molar-refractivity contribution in [2.24, 2.45) is 0 Å². The van der Waals surface area contributed by atoms with Crippen molar-refractivity contribution in [3.05, 3.63) is 70.4 Å². The van der Waals surface area contributed by atoms with Crippen molar-refractivity contribution in [3.8, 4) is 5.75 Å². The molecular weight excluding hydrogens is 280 g/mol. The van der Waals surface area contributed by atoms with E-state index in [-0.39, 0.29) is 5.78 Å². The Kier molecular flexibility index (Phi) is 3.84. The van der Waals surface area contributed by atoms with Crippen LogP contribution in [0.2, 0.25) is 0 Å². The van der Waals surface area contributed by atoms with Crippen LogP contribution in [0.5, 0.6) is 5.75 Å². The van der Waals surface area contributed by atoms with Crippen molar-refractivity contribution in [2.75, 3.05) is 7.11 Å². The van der Waals surface area contributed by atoms with Gasteiger partial charge in [0.15, 0.2) is 5.78 Å². The minimum absolute atomic E-state index is 0.0415. The highest BCUT2D eigenvalue weighted by molar-refractivity contribution is 7.12. The van der Waals surface area contributed by atoms with Gasteiger partial charge >= 0.3 is 0 Å². The third-order valence-electron chi connectivity index (χ3n) is 3.26. The van der Waals surface area contributed by atoms with Gasteiger partial charge in [0.2, 0.25) is 0 Å². The van der Waals surface area contributed by atoms with Crippen LogP contribution < -0.4 is 4.74 Å². The number of ether oxygens (including phenoxy) is 1. The van der Waals surface area contributed by atoms with Crippen LogP contribution >= 0.6 is 11.3 Å². The van der Waals surface area contributed by atoms with Gasteiger partial charge in [-0.3, -0.25) is 4.79 Å². The van der Waals surface area contributed by atoms with Crippen molar-refractivity contribution in [1.82, 2.24) is 0 Å². The maximum absolute atomic E-state index is 11.9. The summed E-state index contributed by atoms with van der Waals surface area (Å²) in [6, 6.07) is 15.8. The number of carbonyl (C=O) groups excluding carboxylic acids is 1. The molecule has 3 heteroatoms. The molecule has 0 bridgehead atoms. The molecule has 0 N–H and O–H groups in total. The molecule has 0 saturated carbocycles. The predicted octanol–water partition coefficient (Wildman–Crippen LogP) is 4.81. The van der Waals surface area contributed by atoms with Crippen LogP contribution in [0.4, 0.5) is 0 Å². The van der Waals surface area contributed by atoms with Crippen LogP contribution in [0.25, 0.3) is 16.8 Å². The number of carbonyl (C=O) groups is 1. The Hall–Kier alpha value is -2.39. The summed E-state index contributed by atoms with van der Waals surface area (Å²) < 4.78 is 5.22. The van der Waals surface area contributed by atoms with E-state index in [0.29, 0.717) is 0 Å². The largest absolute Gasteiger partial charge is 0.497 e. The molecule has 2 aromatic carbocycles. The first-order valence-corrected chi connectivity index (χ1v) is 7.48. The zero-order valence-electron chi connectivity index (χ0n) is 11.6. The molecule has 0 amide bonds. The molecule has 0 aliphatic carbocycles. The van der Waals surface area contributed by atoms with Gasteiger partial charge in [-0.2, -0.15) is 0 Å². The van der Waals surface area contributed by atoms with Crippen molar-refractivity contribution >= 4 is 34.0 Å². The summed E-state index contributed by atoms with van der Waals surface area (Å²) in [7, 11) is 1.66. The van der Waals surface area contributed by atoms with E-state index in [1.54, 1.807) is 13.2 Å². The number of allylic oxidation sites excluding steroid dienone is 1. The zero-order chi connectivity index (χ0) is 14.7. The van der Waals surface area contributed by atoms with Gasteiger partial charge in [0.1, 0.15) is 5.75 Å². The lowest BCUT2D eigenvalue weighted by atomic mass is 10.1. The second kappa shape index (κ2) is 5.94. The monoisotopic (exact) mass is 294 g/mol. The Bertz CT molecular complexity index is 801. The lowest BCUT2D eigenvalue weighted by Gasteiger charge is -2.03. The standard InChI is InChI=1S/C18H14O2S/c1-20-16-8-7-14-11-13(4-6-15(14)12-16)5-9-17(19)18-3-2-10-21-18/h2-12H,1H3/b9-5+. The fraction of sp³-hybridized carbons (Fsp3) is 0.0556. The molecule has 3 aromatic rings. The Morgan fingerprint density at radius 2 is 1.90 bits per heavy atom. The quantitative estimate of drug-likeness (QED) is 0.510. The third-order valence-corrected chi connectivity index (χ3v) is 4.15. The molecule has 0 spiro atoms. The molecule has 0 aliphatic rings. The average molecular weight is 294 g/mol. The molecule has 0 saturated heterocycles. The lowest BCUT2D eigenvalue weighted by molar-refractivity contribution is 0.105. The van der Waals surface area contributed by atoms with Gasteiger partial charge in [0.05, 0.1) is 12.0 Å². The van der Waals surface area contributed by atoms with Crippen molar-refractivity contribution in [2.45, 2.75) is 0 Å². The molecule has 21 heavy (non-hydrogen) atoms. The first-order chi connectivity index (χ1) is 10.3. The third kappa shape index (κ3) is 3.03. The van der Waals surface area contributed by atoms with Crippen LogP contribution in [0.3, 0.4) is 0 Å². The van der Waals surface area contributed by atoms with E-state index in [0.717, 1.165) is 27.0 Å². The van der Waals surface area contributed by atoms with E-state index in [1.165, 1.54) is 11.3 Å². The van der Waals surface area contributed by atoms with E-state index >= 15 is 0 Å². The van der Waals surface area contributed by atoms with Crippen LogP contribution in [0, 0.1) is 0 Å². The number of rotatable bonds is 4. The van der Waals surface area contributed by atoms with Crippen molar-refractivity contribution in [1.29, 1.82) is 0 Å². The summed E-state index contributed by atoms with van der Waals surface area (Å²) >= 11 is 1.46. The number of benzene rings is 2.